The predicted octanol–water partition coefficient (Wildman–Crippen LogP) is 5.09. The number of para-hydroxylation sites is 1. The average molecular weight is 423 g/mol. The van der Waals surface area contributed by atoms with E-state index in [2.05, 4.69) is 20.2 Å². The zero-order valence-corrected chi connectivity index (χ0v) is 17.5. The number of hydrogen-bond donors (Lipinski definition) is 1. The van der Waals surface area contributed by atoms with Crippen molar-refractivity contribution in [3.63, 3.8) is 0 Å². The van der Waals surface area contributed by atoms with Crippen LogP contribution in [0.1, 0.15) is 18.4 Å². The Morgan fingerprint density at radius 3 is 2.83 bits per heavy atom. The van der Waals surface area contributed by atoms with Crippen molar-refractivity contribution in [2.75, 3.05) is 23.3 Å². The van der Waals surface area contributed by atoms with Crippen LogP contribution in [0.15, 0.2) is 60.9 Å². The Labute approximate surface area is 180 Å². The highest BCUT2D eigenvalue weighted by molar-refractivity contribution is 6.30. The first-order valence-electron chi connectivity index (χ1n) is 9.96. The van der Waals surface area contributed by atoms with Crippen LogP contribution in [-0.2, 0) is 4.79 Å². The third-order valence-electron chi connectivity index (χ3n) is 5.13. The normalized spacial score (nSPS) is 16.2. The highest BCUT2D eigenvalue weighted by atomic mass is 35.5. The zero-order valence-electron chi connectivity index (χ0n) is 16.7. The van der Waals surface area contributed by atoms with Crippen molar-refractivity contribution in [2.24, 2.45) is 5.92 Å². The van der Waals surface area contributed by atoms with Crippen LogP contribution < -0.4 is 15.0 Å². The van der Waals surface area contributed by atoms with Crippen LogP contribution in [0.3, 0.4) is 0 Å². The van der Waals surface area contributed by atoms with Gasteiger partial charge in [-0.05, 0) is 49.6 Å². The van der Waals surface area contributed by atoms with Crippen molar-refractivity contribution in [2.45, 2.75) is 19.8 Å². The highest BCUT2D eigenvalue weighted by Gasteiger charge is 2.28. The minimum Gasteiger partial charge on any atom is -0.436 e. The van der Waals surface area contributed by atoms with E-state index in [4.69, 9.17) is 16.3 Å². The van der Waals surface area contributed by atoms with E-state index in [1.807, 2.05) is 43.3 Å². The van der Waals surface area contributed by atoms with Gasteiger partial charge < -0.3 is 15.0 Å². The van der Waals surface area contributed by atoms with Gasteiger partial charge in [0.15, 0.2) is 5.82 Å². The number of hydrogen-bond acceptors (Lipinski definition) is 5. The Morgan fingerprint density at radius 2 is 2.00 bits per heavy atom. The summed E-state index contributed by atoms with van der Waals surface area (Å²) >= 11 is 6.02. The van der Waals surface area contributed by atoms with Crippen molar-refractivity contribution < 1.29 is 9.53 Å². The lowest BCUT2D eigenvalue weighted by molar-refractivity contribution is -0.120. The van der Waals surface area contributed by atoms with Crippen LogP contribution >= 0.6 is 11.6 Å². The fourth-order valence-corrected chi connectivity index (χ4v) is 3.77. The predicted molar refractivity (Wildman–Crippen MR) is 118 cm³/mol. The van der Waals surface area contributed by atoms with E-state index >= 15 is 0 Å². The minimum absolute atomic E-state index is 0.0211. The number of aryl methyl sites for hydroxylation is 1. The average Bonchev–Trinajstić information content (AvgIpc) is 2.76. The number of benzene rings is 2. The van der Waals surface area contributed by atoms with Gasteiger partial charge in [0, 0.05) is 36.2 Å². The smallest absolute Gasteiger partial charge is 0.263 e. The molecule has 0 bridgehead atoms. The van der Waals surface area contributed by atoms with Crippen molar-refractivity contribution >= 4 is 29.0 Å². The first kappa shape index (κ1) is 20.2. The lowest BCUT2D eigenvalue weighted by Crippen LogP contribution is -2.41. The Bertz CT molecular complexity index is 1040. The summed E-state index contributed by atoms with van der Waals surface area (Å²) in [6.45, 7) is 3.33. The Hall–Kier alpha value is -3.12. The van der Waals surface area contributed by atoms with E-state index in [0.717, 1.165) is 30.7 Å². The number of nitrogens with one attached hydrogen (secondary N) is 1. The van der Waals surface area contributed by atoms with Crippen molar-refractivity contribution in [1.82, 2.24) is 9.97 Å². The van der Waals surface area contributed by atoms with Gasteiger partial charge in [0.1, 0.15) is 5.75 Å². The van der Waals surface area contributed by atoms with Crippen molar-refractivity contribution in [3.8, 4) is 11.6 Å². The minimum atomic E-state index is -0.161. The number of carbonyl (C=O) groups is 1. The molecule has 1 N–H and O–H groups in total. The summed E-state index contributed by atoms with van der Waals surface area (Å²) in [5.74, 6) is 1.66. The summed E-state index contributed by atoms with van der Waals surface area (Å²) in [6, 6.07) is 15.0. The van der Waals surface area contributed by atoms with Crippen LogP contribution in [0, 0.1) is 12.8 Å². The maximum atomic E-state index is 12.8. The molecular formula is C23H23ClN4O2. The number of nitrogens with zero attached hydrogens (tertiary/aromatic N) is 3. The molecule has 6 nitrogen and oxygen atoms in total. The molecule has 3 aromatic rings. The molecule has 1 aliphatic rings. The second-order valence-corrected chi connectivity index (χ2v) is 7.77. The van der Waals surface area contributed by atoms with Gasteiger partial charge in [-0.2, -0.15) is 0 Å². The van der Waals surface area contributed by atoms with Crippen LogP contribution in [0.2, 0.25) is 5.02 Å². The number of aromatic nitrogens is 2. The molecule has 1 aromatic heterocycles. The van der Waals surface area contributed by atoms with E-state index < -0.39 is 0 Å². The van der Waals surface area contributed by atoms with Gasteiger partial charge in [-0.1, -0.05) is 35.9 Å². The number of anilines is 2. The molecule has 1 saturated heterocycles. The Balaban J connectivity index is 1.49. The quantitative estimate of drug-likeness (QED) is 0.620. The van der Waals surface area contributed by atoms with E-state index in [1.165, 1.54) is 0 Å². The fourth-order valence-electron chi connectivity index (χ4n) is 3.58. The Morgan fingerprint density at radius 1 is 1.17 bits per heavy atom. The molecule has 0 unspecified atom stereocenters. The molecule has 30 heavy (non-hydrogen) atoms. The molecule has 2 aromatic carbocycles. The molecule has 1 aliphatic heterocycles. The second kappa shape index (κ2) is 9.13. The standard InChI is InChI=1S/C23H23ClN4O2/c1-16-6-2-3-10-20(16)30-23-21(25-11-12-26-23)28-13-5-7-17(15-28)22(29)27-19-9-4-8-18(24)14-19/h2-4,6,8-12,14,17H,5,7,13,15H2,1H3,(H,27,29)/t17-/m1/s1. The number of carbonyl (C=O) groups excluding carboxylic acids is 1. The van der Waals surface area contributed by atoms with Crippen molar-refractivity contribution in [3.05, 3.63) is 71.5 Å². The third-order valence-corrected chi connectivity index (χ3v) is 5.37. The molecule has 154 valence electrons. The van der Waals surface area contributed by atoms with Crippen LogP contribution in [0.5, 0.6) is 11.6 Å². The third kappa shape index (κ3) is 4.71. The fraction of sp³-hybridized carbons (Fsp3) is 0.261. The maximum absolute atomic E-state index is 12.8. The number of halogens is 1. The summed E-state index contributed by atoms with van der Waals surface area (Å²) < 4.78 is 6.07. The lowest BCUT2D eigenvalue weighted by Gasteiger charge is -2.33. The van der Waals surface area contributed by atoms with Gasteiger partial charge in [0.05, 0.1) is 5.92 Å². The molecule has 0 radical (unpaired) electrons. The van der Waals surface area contributed by atoms with Crippen LogP contribution in [0.4, 0.5) is 11.5 Å². The monoisotopic (exact) mass is 422 g/mol. The second-order valence-electron chi connectivity index (χ2n) is 7.34. The molecule has 1 amide bonds. The molecule has 0 spiro atoms. The SMILES string of the molecule is Cc1ccccc1Oc1nccnc1N1CCC[C@@H](C(=O)Nc2cccc(Cl)c2)C1. The number of amides is 1. The van der Waals surface area contributed by atoms with Crippen LogP contribution in [-0.4, -0.2) is 29.0 Å². The van der Waals surface area contributed by atoms with E-state index in [9.17, 15) is 4.79 Å². The molecule has 0 aliphatic carbocycles. The molecule has 4 rings (SSSR count). The van der Waals surface area contributed by atoms with Crippen molar-refractivity contribution in [1.29, 1.82) is 0 Å². The van der Waals surface area contributed by atoms with Gasteiger partial charge in [-0.15, -0.1) is 0 Å². The van der Waals surface area contributed by atoms with Gasteiger partial charge in [-0.25, -0.2) is 9.97 Å². The summed E-state index contributed by atoms with van der Waals surface area (Å²) in [6.07, 6.45) is 4.96. The van der Waals surface area contributed by atoms with Crippen LogP contribution in [0.25, 0.3) is 0 Å². The van der Waals surface area contributed by atoms with Gasteiger partial charge in [0.2, 0.25) is 5.91 Å². The van der Waals surface area contributed by atoms with E-state index in [1.54, 1.807) is 24.5 Å². The molecule has 2 heterocycles. The van der Waals surface area contributed by atoms with Gasteiger partial charge in [-0.3, -0.25) is 4.79 Å². The van der Waals surface area contributed by atoms with Gasteiger partial charge >= 0.3 is 0 Å². The number of piperidine rings is 1. The zero-order chi connectivity index (χ0) is 20.9. The van der Waals surface area contributed by atoms with E-state index in [-0.39, 0.29) is 11.8 Å². The van der Waals surface area contributed by atoms with Gasteiger partial charge in [0.25, 0.3) is 5.88 Å². The summed E-state index contributed by atoms with van der Waals surface area (Å²) in [5.41, 5.74) is 1.72. The largest absolute Gasteiger partial charge is 0.436 e. The first-order valence-corrected chi connectivity index (χ1v) is 10.3. The molecule has 1 fully saturated rings. The maximum Gasteiger partial charge on any atom is 0.263 e. The number of rotatable bonds is 5. The topological polar surface area (TPSA) is 67.4 Å². The first-order chi connectivity index (χ1) is 14.6. The molecular weight excluding hydrogens is 400 g/mol. The lowest BCUT2D eigenvalue weighted by atomic mass is 9.97. The summed E-state index contributed by atoms with van der Waals surface area (Å²) in [5, 5.41) is 3.56. The molecule has 0 saturated carbocycles. The molecule has 1 atom stereocenters. The summed E-state index contributed by atoms with van der Waals surface area (Å²) in [4.78, 5) is 23.8. The Kier molecular flexibility index (Phi) is 6.14. The molecule has 7 heteroatoms. The highest BCUT2D eigenvalue weighted by Crippen LogP contribution is 2.32. The van der Waals surface area contributed by atoms with E-state index in [0.29, 0.717) is 29.0 Å². The number of ether oxygens (including phenoxy) is 1. The summed E-state index contributed by atoms with van der Waals surface area (Å²) in [7, 11) is 0.